The van der Waals surface area contributed by atoms with E-state index in [1.165, 1.54) is 12.1 Å². The summed E-state index contributed by atoms with van der Waals surface area (Å²) < 4.78 is 14.4. The van der Waals surface area contributed by atoms with Crippen molar-refractivity contribution in [1.82, 2.24) is 0 Å². The molecule has 0 fully saturated rings. The molecule has 1 aromatic carbocycles. The van der Waals surface area contributed by atoms with Crippen LogP contribution >= 0.6 is 0 Å². The number of carbonyl (C=O) groups excluding carboxylic acids is 3. The molecule has 14 nitrogen and oxygen atoms in total. The van der Waals surface area contributed by atoms with E-state index in [0.29, 0.717) is 0 Å². The van der Waals surface area contributed by atoms with E-state index < -0.39 is 84.4 Å². The van der Waals surface area contributed by atoms with Crippen molar-refractivity contribution >= 4 is 29.8 Å². The van der Waals surface area contributed by atoms with Crippen molar-refractivity contribution in [2.45, 2.75) is 30.7 Å². The number of esters is 3. The Hall–Kier alpha value is -4.17. The van der Waals surface area contributed by atoms with Crippen LogP contribution in [-0.4, -0.2) is 84.9 Å². The summed E-state index contributed by atoms with van der Waals surface area (Å²) in [5, 5.41) is 56.8. The first-order chi connectivity index (χ1) is 15.4. The number of cyclic esters (lactones) is 1. The van der Waals surface area contributed by atoms with Gasteiger partial charge in [0.05, 0.1) is 19.4 Å². The normalized spacial score (nSPS) is 18.1. The number of hydrogen-bond donors (Lipinski definition) is 6. The number of carboxylic acid groups (broad SMARTS) is 2. The third-order valence-electron chi connectivity index (χ3n) is 4.32. The van der Waals surface area contributed by atoms with E-state index in [2.05, 4.69) is 0 Å². The van der Waals surface area contributed by atoms with Crippen molar-refractivity contribution in [3.8, 4) is 5.75 Å². The van der Waals surface area contributed by atoms with Gasteiger partial charge in [0.1, 0.15) is 11.3 Å². The minimum atomic E-state index is -3.05. The summed E-state index contributed by atoms with van der Waals surface area (Å²) in [7, 11) is 0. The van der Waals surface area contributed by atoms with Crippen molar-refractivity contribution in [2.75, 3.05) is 6.61 Å². The molecule has 0 aromatic heterocycles. The summed E-state index contributed by atoms with van der Waals surface area (Å²) in [5.41, 5.74) is -3.42. The lowest BCUT2D eigenvalue weighted by molar-refractivity contribution is -0.178. The number of hydrogen-bond acceptors (Lipinski definition) is 12. The molecular weight excluding hydrogens is 452 g/mol. The molecule has 1 aliphatic rings. The van der Waals surface area contributed by atoms with Gasteiger partial charge in [-0.1, -0.05) is 12.1 Å². The van der Waals surface area contributed by atoms with E-state index >= 15 is 0 Å². The lowest BCUT2D eigenvalue weighted by Crippen LogP contribution is -2.45. The van der Waals surface area contributed by atoms with Crippen LogP contribution in [0.5, 0.6) is 5.75 Å². The number of phenols is 1. The number of para-hydroxylation sites is 1. The van der Waals surface area contributed by atoms with E-state index in [1.807, 2.05) is 0 Å². The number of phenolic OH excluding ortho intramolecular Hbond substituents is 1. The van der Waals surface area contributed by atoms with Gasteiger partial charge in [-0.05, 0) is 12.1 Å². The molecule has 0 saturated carbocycles. The zero-order valence-electron chi connectivity index (χ0n) is 16.5. The molecule has 0 bridgehead atoms. The van der Waals surface area contributed by atoms with Crippen LogP contribution in [0.15, 0.2) is 35.8 Å². The van der Waals surface area contributed by atoms with E-state index in [1.54, 1.807) is 0 Å². The van der Waals surface area contributed by atoms with Crippen LogP contribution in [0.2, 0.25) is 0 Å². The van der Waals surface area contributed by atoms with Crippen LogP contribution in [0, 0.1) is 0 Å². The maximum atomic E-state index is 12.3. The summed E-state index contributed by atoms with van der Waals surface area (Å²) >= 11 is 0. The third-order valence-corrected chi connectivity index (χ3v) is 4.32. The molecule has 14 heteroatoms. The van der Waals surface area contributed by atoms with Gasteiger partial charge in [0.15, 0.2) is 11.7 Å². The van der Waals surface area contributed by atoms with Crippen LogP contribution < -0.4 is 0 Å². The SMILES string of the molecule is O=C(O)CC(O)(CC(=O)O[C@@H](CO)[C@H]1OC(=O)C(O)=C1OC(=O)c1ccccc1O)C(=O)O. The zero-order chi connectivity index (χ0) is 24.9. The fraction of sp³-hybridized carbons (Fsp3) is 0.316. The molecule has 0 saturated heterocycles. The second-order valence-corrected chi connectivity index (χ2v) is 6.74. The molecule has 2 rings (SSSR count). The van der Waals surface area contributed by atoms with Crippen molar-refractivity contribution in [2.24, 2.45) is 0 Å². The standard InChI is InChI=1S/C19H18O14/c20-7-10(31-12(24)6-19(30,18(28)29)5-11(22)23)14-15(13(25)17(27)32-14)33-16(26)8-3-1-2-4-9(8)21/h1-4,10,14,20-21,25,30H,5-7H2,(H,22,23)(H,28,29)/t10-,14+,19?/m0/s1. The summed E-state index contributed by atoms with van der Waals surface area (Å²) in [5.74, 6) is -10.5. The Morgan fingerprint density at radius 1 is 1.09 bits per heavy atom. The van der Waals surface area contributed by atoms with E-state index in [-0.39, 0.29) is 5.56 Å². The van der Waals surface area contributed by atoms with Gasteiger partial charge >= 0.3 is 29.8 Å². The van der Waals surface area contributed by atoms with Crippen LogP contribution in [-0.2, 0) is 33.4 Å². The summed E-state index contributed by atoms with van der Waals surface area (Å²) in [6.45, 7) is -1.10. The Kier molecular flexibility index (Phi) is 7.58. The Labute approximate surface area is 183 Å². The van der Waals surface area contributed by atoms with Gasteiger partial charge in [-0.2, -0.15) is 0 Å². The number of aliphatic hydroxyl groups excluding tert-OH is 2. The molecule has 1 aromatic rings. The Bertz CT molecular complexity index is 1010. The fourth-order valence-electron chi connectivity index (χ4n) is 2.72. The highest BCUT2D eigenvalue weighted by molar-refractivity contribution is 5.95. The average Bonchev–Trinajstić information content (AvgIpc) is 2.99. The minimum absolute atomic E-state index is 0.367. The van der Waals surface area contributed by atoms with Gasteiger partial charge in [-0.15, -0.1) is 0 Å². The van der Waals surface area contributed by atoms with Gasteiger partial charge in [-0.3, -0.25) is 9.59 Å². The average molecular weight is 470 g/mol. The first-order valence-corrected chi connectivity index (χ1v) is 9.01. The van der Waals surface area contributed by atoms with Gasteiger partial charge in [0.2, 0.25) is 17.6 Å². The van der Waals surface area contributed by atoms with Crippen molar-refractivity contribution in [3.63, 3.8) is 0 Å². The number of aliphatic carboxylic acids is 2. The topological polar surface area (TPSA) is 234 Å². The van der Waals surface area contributed by atoms with Gasteiger partial charge in [0, 0.05) is 0 Å². The summed E-state index contributed by atoms with van der Waals surface area (Å²) in [6.07, 6.45) is -6.46. The minimum Gasteiger partial charge on any atom is -0.507 e. The van der Waals surface area contributed by atoms with Crippen LogP contribution in [0.25, 0.3) is 0 Å². The molecule has 178 valence electrons. The first kappa shape index (κ1) is 25.1. The smallest absolute Gasteiger partial charge is 0.378 e. The molecule has 6 N–H and O–H groups in total. The number of aromatic hydroxyl groups is 1. The largest absolute Gasteiger partial charge is 0.507 e. The number of aliphatic hydroxyl groups is 3. The lowest BCUT2D eigenvalue weighted by Gasteiger charge is -2.25. The number of carboxylic acids is 2. The van der Waals surface area contributed by atoms with Gasteiger partial charge in [0.25, 0.3) is 0 Å². The molecule has 0 aliphatic carbocycles. The predicted octanol–water partition coefficient (Wildman–Crippen LogP) is -1.17. The Morgan fingerprint density at radius 2 is 1.73 bits per heavy atom. The first-order valence-electron chi connectivity index (χ1n) is 9.01. The molecule has 1 heterocycles. The van der Waals surface area contributed by atoms with Crippen LogP contribution in [0.1, 0.15) is 23.2 Å². The van der Waals surface area contributed by atoms with Gasteiger partial charge in [-0.25, -0.2) is 14.4 Å². The molecule has 1 unspecified atom stereocenters. The maximum Gasteiger partial charge on any atom is 0.378 e. The highest BCUT2D eigenvalue weighted by atomic mass is 16.6. The van der Waals surface area contributed by atoms with Crippen LogP contribution in [0.4, 0.5) is 0 Å². The van der Waals surface area contributed by atoms with Gasteiger partial charge < -0.3 is 44.8 Å². The molecular formula is C19H18O14. The molecule has 0 radical (unpaired) electrons. The number of rotatable bonds is 10. The van der Waals surface area contributed by atoms with E-state index in [4.69, 9.17) is 24.4 Å². The fourth-order valence-corrected chi connectivity index (χ4v) is 2.72. The number of ether oxygens (including phenoxy) is 3. The maximum absolute atomic E-state index is 12.3. The molecule has 0 amide bonds. The van der Waals surface area contributed by atoms with Crippen molar-refractivity contribution in [3.05, 3.63) is 41.3 Å². The number of benzene rings is 1. The molecule has 1 aliphatic heterocycles. The van der Waals surface area contributed by atoms with Crippen molar-refractivity contribution in [1.29, 1.82) is 0 Å². The zero-order valence-corrected chi connectivity index (χ0v) is 16.5. The quantitative estimate of drug-likeness (QED) is 0.175. The highest BCUT2D eigenvalue weighted by Gasteiger charge is 2.46. The van der Waals surface area contributed by atoms with Crippen LogP contribution in [0.3, 0.4) is 0 Å². The molecule has 3 atom stereocenters. The van der Waals surface area contributed by atoms with Crippen molar-refractivity contribution < 1.29 is 68.8 Å². The highest BCUT2D eigenvalue weighted by Crippen LogP contribution is 2.29. The summed E-state index contributed by atoms with van der Waals surface area (Å²) in [6, 6.07) is 5.08. The molecule has 0 spiro atoms. The number of carbonyl (C=O) groups is 5. The monoisotopic (exact) mass is 470 g/mol. The van der Waals surface area contributed by atoms with E-state index in [9.17, 15) is 44.4 Å². The second-order valence-electron chi connectivity index (χ2n) is 6.74. The lowest BCUT2D eigenvalue weighted by atomic mass is 9.96. The summed E-state index contributed by atoms with van der Waals surface area (Å²) in [4.78, 5) is 58.1. The third kappa shape index (κ3) is 5.75. The van der Waals surface area contributed by atoms with E-state index in [0.717, 1.165) is 12.1 Å². The molecule has 33 heavy (non-hydrogen) atoms. The Balaban J connectivity index is 2.21. The predicted molar refractivity (Wildman–Crippen MR) is 99.5 cm³/mol. The second kappa shape index (κ2) is 9.97. The Morgan fingerprint density at radius 3 is 2.27 bits per heavy atom.